The average Bonchev–Trinajstić information content (AvgIpc) is 3.51. The molecule has 6 nitrogen and oxygen atoms in total. The molecule has 2 N–H and O–H groups in total. The van der Waals surface area contributed by atoms with Gasteiger partial charge in [0.25, 0.3) is 0 Å². The molecule has 0 radical (unpaired) electrons. The summed E-state index contributed by atoms with van der Waals surface area (Å²) in [5.41, 5.74) is 9.49. The number of hydrogen-bond donors (Lipinski definition) is 2. The van der Waals surface area contributed by atoms with Crippen LogP contribution in [0.1, 0.15) is 36.8 Å². The van der Waals surface area contributed by atoms with Crippen molar-refractivity contribution >= 4 is 5.91 Å². The molecule has 6 heteroatoms. The van der Waals surface area contributed by atoms with E-state index in [4.69, 9.17) is 9.47 Å². The second-order valence-electron chi connectivity index (χ2n) is 9.24. The van der Waals surface area contributed by atoms with Gasteiger partial charge in [-0.3, -0.25) is 15.6 Å². The Morgan fingerprint density at radius 3 is 2.62 bits per heavy atom. The minimum Gasteiger partial charge on any atom is -0.454 e. The predicted octanol–water partition coefficient (Wildman–Crippen LogP) is 3.31. The lowest BCUT2D eigenvalue weighted by molar-refractivity contribution is -0.132. The zero-order valence-electron chi connectivity index (χ0n) is 18.6. The third-order valence-electron chi connectivity index (χ3n) is 7.25. The van der Waals surface area contributed by atoms with Gasteiger partial charge >= 0.3 is 0 Å². The fourth-order valence-corrected chi connectivity index (χ4v) is 5.35. The van der Waals surface area contributed by atoms with Gasteiger partial charge in [0.05, 0.1) is 0 Å². The number of nitrogens with one attached hydrogen (secondary N) is 2. The van der Waals surface area contributed by atoms with Gasteiger partial charge in [-0.2, -0.15) is 0 Å². The molecule has 3 heterocycles. The van der Waals surface area contributed by atoms with Gasteiger partial charge in [-0.25, -0.2) is 0 Å². The summed E-state index contributed by atoms with van der Waals surface area (Å²) in [7, 11) is 0. The highest BCUT2D eigenvalue weighted by atomic mass is 16.7. The summed E-state index contributed by atoms with van der Waals surface area (Å²) in [6.07, 6.45) is 5.78. The molecule has 2 saturated heterocycles. The summed E-state index contributed by atoms with van der Waals surface area (Å²) in [5.74, 6) is 3.12. The van der Waals surface area contributed by atoms with E-state index in [-0.39, 0.29) is 12.7 Å². The van der Waals surface area contributed by atoms with Gasteiger partial charge in [-0.1, -0.05) is 36.4 Å². The standard InChI is InChI=1S/C26H33N3O3/c30-25(11-8-20-7-10-23-24(16-20)32-18-31-23)29-14-12-21(13-15-29)26-22(17-27-28-26)9-6-19-4-2-1-3-5-19/h1-5,7,10,16,21-22,26-28H,6,8-9,11-15,17-18H2. The molecule has 2 aromatic carbocycles. The molecule has 170 valence electrons. The van der Waals surface area contributed by atoms with Crippen molar-refractivity contribution in [2.45, 2.75) is 44.6 Å². The second-order valence-corrected chi connectivity index (χ2v) is 9.24. The van der Waals surface area contributed by atoms with Gasteiger partial charge in [0.2, 0.25) is 12.7 Å². The molecule has 3 aliphatic rings. The number of benzene rings is 2. The maximum atomic E-state index is 12.8. The van der Waals surface area contributed by atoms with Crippen molar-refractivity contribution in [3.05, 3.63) is 59.7 Å². The number of hydrogen-bond acceptors (Lipinski definition) is 5. The first kappa shape index (κ1) is 21.3. The van der Waals surface area contributed by atoms with Crippen LogP contribution in [-0.2, 0) is 17.6 Å². The number of carbonyl (C=O) groups excluding carboxylic acids is 1. The van der Waals surface area contributed by atoms with Crippen molar-refractivity contribution in [1.82, 2.24) is 15.8 Å². The molecule has 2 aromatic rings. The van der Waals surface area contributed by atoms with Crippen LogP contribution in [0.5, 0.6) is 11.5 Å². The highest BCUT2D eigenvalue weighted by Crippen LogP contribution is 2.33. The highest BCUT2D eigenvalue weighted by Gasteiger charge is 2.35. The molecule has 0 spiro atoms. The number of rotatable bonds is 7. The number of fused-ring (bicyclic) bond motifs is 1. The molecule has 2 unspecified atom stereocenters. The Balaban J connectivity index is 1.07. The Labute approximate surface area is 190 Å². The number of hydrazine groups is 1. The third-order valence-corrected chi connectivity index (χ3v) is 7.25. The quantitative estimate of drug-likeness (QED) is 0.699. The van der Waals surface area contributed by atoms with Crippen LogP contribution in [-0.4, -0.2) is 43.3 Å². The lowest BCUT2D eigenvalue weighted by Gasteiger charge is -2.36. The lowest BCUT2D eigenvalue weighted by atomic mass is 9.81. The summed E-state index contributed by atoms with van der Waals surface area (Å²) in [6, 6.07) is 17.2. The van der Waals surface area contributed by atoms with Gasteiger partial charge < -0.3 is 14.4 Å². The molecule has 5 rings (SSSR count). The van der Waals surface area contributed by atoms with E-state index in [0.717, 1.165) is 62.4 Å². The van der Waals surface area contributed by atoms with Gasteiger partial charge in [0, 0.05) is 32.1 Å². The van der Waals surface area contributed by atoms with E-state index in [0.29, 0.717) is 24.3 Å². The van der Waals surface area contributed by atoms with Crippen molar-refractivity contribution in [2.75, 3.05) is 26.4 Å². The van der Waals surface area contributed by atoms with Crippen molar-refractivity contribution in [2.24, 2.45) is 11.8 Å². The van der Waals surface area contributed by atoms with Gasteiger partial charge in [-0.05, 0) is 67.2 Å². The fraction of sp³-hybridized carbons (Fsp3) is 0.500. The van der Waals surface area contributed by atoms with Crippen molar-refractivity contribution in [1.29, 1.82) is 0 Å². The summed E-state index contributed by atoms with van der Waals surface area (Å²) in [4.78, 5) is 14.9. The average molecular weight is 436 g/mol. The van der Waals surface area contributed by atoms with Crippen molar-refractivity contribution in [3.8, 4) is 11.5 Å². The Hall–Kier alpha value is -2.57. The molecule has 3 aliphatic heterocycles. The van der Waals surface area contributed by atoms with Crippen LogP contribution in [0.25, 0.3) is 0 Å². The number of ether oxygens (including phenoxy) is 2. The molecular formula is C26H33N3O3. The molecule has 0 aromatic heterocycles. The Morgan fingerprint density at radius 2 is 1.78 bits per heavy atom. The lowest BCUT2D eigenvalue weighted by Crippen LogP contribution is -2.46. The molecule has 1 amide bonds. The maximum Gasteiger partial charge on any atom is 0.231 e. The van der Waals surface area contributed by atoms with Crippen molar-refractivity contribution in [3.63, 3.8) is 0 Å². The van der Waals surface area contributed by atoms with E-state index in [1.54, 1.807) is 0 Å². The predicted molar refractivity (Wildman–Crippen MR) is 123 cm³/mol. The molecular weight excluding hydrogens is 402 g/mol. The van der Waals surface area contributed by atoms with Gasteiger partial charge in [0.1, 0.15) is 0 Å². The van der Waals surface area contributed by atoms with Crippen LogP contribution in [0.15, 0.2) is 48.5 Å². The number of amides is 1. The topological polar surface area (TPSA) is 62.8 Å². The zero-order valence-corrected chi connectivity index (χ0v) is 18.6. The van der Waals surface area contributed by atoms with Gasteiger partial charge in [0.15, 0.2) is 11.5 Å². The maximum absolute atomic E-state index is 12.8. The van der Waals surface area contributed by atoms with E-state index < -0.39 is 0 Å². The number of aryl methyl sites for hydroxylation is 2. The summed E-state index contributed by atoms with van der Waals surface area (Å²) < 4.78 is 10.8. The van der Waals surface area contributed by atoms with Crippen LogP contribution in [0.3, 0.4) is 0 Å². The van der Waals surface area contributed by atoms with E-state index in [1.807, 2.05) is 18.2 Å². The molecule has 2 atom stereocenters. The Kier molecular flexibility index (Phi) is 6.60. The highest BCUT2D eigenvalue weighted by molar-refractivity contribution is 5.76. The monoisotopic (exact) mass is 435 g/mol. The van der Waals surface area contributed by atoms with Gasteiger partial charge in [-0.15, -0.1) is 0 Å². The Bertz CT molecular complexity index is 912. The largest absolute Gasteiger partial charge is 0.454 e. The minimum absolute atomic E-state index is 0.263. The fourth-order valence-electron chi connectivity index (χ4n) is 5.35. The van der Waals surface area contributed by atoms with E-state index >= 15 is 0 Å². The molecule has 0 bridgehead atoms. The van der Waals surface area contributed by atoms with E-state index in [2.05, 4.69) is 46.1 Å². The normalized spacial score (nSPS) is 22.9. The molecule has 32 heavy (non-hydrogen) atoms. The van der Waals surface area contributed by atoms with Crippen LogP contribution in [0, 0.1) is 11.8 Å². The molecule has 0 aliphatic carbocycles. The van der Waals surface area contributed by atoms with Crippen LogP contribution >= 0.6 is 0 Å². The van der Waals surface area contributed by atoms with E-state index in [9.17, 15) is 4.79 Å². The first-order valence-corrected chi connectivity index (χ1v) is 11.9. The SMILES string of the molecule is O=C(CCc1ccc2c(c1)OCO2)N1CCC(C2NNCC2CCc2ccccc2)CC1. The van der Waals surface area contributed by atoms with Crippen LogP contribution in [0.4, 0.5) is 0 Å². The number of piperidine rings is 1. The third kappa shape index (κ3) is 4.92. The first-order chi connectivity index (χ1) is 15.8. The van der Waals surface area contributed by atoms with Crippen LogP contribution < -0.4 is 20.3 Å². The number of carbonyl (C=O) groups is 1. The molecule has 2 fully saturated rings. The van der Waals surface area contributed by atoms with E-state index in [1.165, 1.54) is 12.0 Å². The summed E-state index contributed by atoms with van der Waals surface area (Å²) in [5, 5.41) is 0. The molecule has 0 saturated carbocycles. The zero-order chi connectivity index (χ0) is 21.8. The number of nitrogens with zero attached hydrogens (tertiary/aromatic N) is 1. The second kappa shape index (κ2) is 9.92. The number of likely N-dealkylation sites (tertiary alicyclic amines) is 1. The Morgan fingerprint density at radius 1 is 0.969 bits per heavy atom. The smallest absolute Gasteiger partial charge is 0.231 e. The summed E-state index contributed by atoms with van der Waals surface area (Å²) >= 11 is 0. The minimum atomic E-state index is 0.263. The first-order valence-electron chi connectivity index (χ1n) is 11.9. The van der Waals surface area contributed by atoms with Crippen molar-refractivity contribution < 1.29 is 14.3 Å². The van der Waals surface area contributed by atoms with Crippen LogP contribution in [0.2, 0.25) is 0 Å². The summed E-state index contributed by atoms with van der Waals surface area (Å²) in [6.45, 7) is 3.06.